The first kappa shape index (κ1) is 15.3. The van der Waals surface area contributed by atoms with Gasteiger partial charge in [-0.25, -0.2) is 0 Å². The Hall–Kier alpha value is -1.10. The first-order valence-corrected chi connectivity index (χ1v) is 7.34. The number of nitrogens with one attached hydrogen (secondary N) is 1. The Bertz CT molecular complexity index is 411. The zero-order chi connectivity index (χ0) is 14.6. The van der Waals surface area contributed by atoms with Gasteiger partial charge in [0.2, 0.25) is 0 Å². The van der Waals surface area contributed by atoms with Crippen molar-refractivity contribution in [2.75, 3.05) is 32.8 Å². The Kier molecular flexibility index (Phi) is 5.02. The van der Waals surface area contributed by atoms with E-state index in [4.69, 9.17) is 4.74 Å². The van der Waals surface area contributed by atoms with E-state index in [1.807, 2.05) is 12.1 Å². The summed E-state index contributed by atoms with van der Waals surface area (Å²) >= 11 is 0. The van der Waals surface area contributed by atoms with Gasteiger partial charge in [0.1, 0.15) is 5.75 Å². The van der Waals surface area contributed by atoms with Crippen molar-refractivity contribution in [3.05, 3.63) is 29.8 Å². The van der Waals surface area contributed by atoms with Gasteiger partial charge in [-0.1, -0.05) is 12.1 Å². The first-order valence-electron chi connectivity index (χ1n) is 7.34. The van der Waals surface area contributed by atoms with Crippen molar-refractivity contribution >= 4 is 0 Å². The fraction of sp³-hybridized carbons (Fsp3) is 0.625. The number of phenols is 1. The normalized spacial score (nSPS) is 18.9. The zero-order valence-electron chi connectivity index (χ0n) is 12.7. The average Bonchev–Trinajstić information content (AvgIpc) is 2.46. The third-order valence-corrected chi connectivity index (χ3v) is 4.10. The molecule has 1 heterocycles. The highest BCUT2D eigenvalue weighted by atomic mass is 16.5. The molecule has 0 bridgehead atoms. The molecule has 1 aliphatic rings. The summed E-state index contributed by atoms with van der Waals surface area (Å²) in [6.07, 6.45) is 0. The number of phenolic OH excluding ortho intramolecular Hbond substituents is 1. The smallest absolute Gasteiger partial charge is 0.115 e. The van der Waals surface area contributed by atoms with Crippen LogP contribution in [0.1, 0.15) is 32.4 Å². The second kappa shape index (κ2) is 6.57. The van der Waals surface area contributed by atoms with Gasteiger partial charge in [0.25, 0.3) is 0 Å². The number of ether oxygens (including phenoxy) is 1. The Morgan fingerprint density at radius 2 is 1.85 bits per heavy atom. The van der Waals surface area contributed by atoms with Gasteiger partial charge in [-0.3, -0.25) is 4.90 Å². The second-order valence-electron chi connectivity index (χ2n) is 6.11. The second-order valence-corrected chi connectivity index (χ2v) is 6.11. The van der Waals surface area contributed by atoms with Crippen LogP contribution in [0.3, 0.4) is 0 Å². The molecule has 1 unspecified atom stereocenters. The lowest BCUT2D eigenvalue weighted by molar-refractivity contribution is -0.0102. The molecule has 4 heteroatoms. The van der Waals surface area contributed by atoms with E-state index < -0.39 is 0 Å². The average molecular weight is 278 g/mol. The number of hydrogen-bond acceptors (Lipinski definition) is 4. The van der Waals surface area contributed by atoms with Crippen molar-refractivity contribution in [3.63, 3.8) is 0 Å². The molecular formula is C16H26N2O2. The van der Waals surface area contributed by atoms with E-state index in [1.165, 1.54) is 5.56 Å². The Labute approximate surface area is 121 Å². The molecule has 0 aromatic heterocycles. The lowest BCUT2D eigenvalue weighted by Crippen LogP contribution is -2.54. The molecule has 2 N–H and O–H groups in total. The minimum absolute atomic E-state index is 0.120. The van der Waals surface area contributed by atoms with Crippen LogP contribution in [0.15, 0.2) is 24.3 Å². The summed E-state index contributed by atoms with van der Waals surface area (Å²) in [4.78, 5) is 2.48. The van der Waals surface area contributed by atoms with Crippen LogP contribution in [0.4, 0.5) is 0 Å². The van der Waals surface area contributed by atoms with Crippen LogP contribution < -0.4 is 5.32 Å². The quantitative estimate of drug-likeness (QED) is 0.866. The third-order valence-electron chi connectivity index (χ3n) is 4.10. The molecule has 1 saturated heterocycles. The van der Waals surface area contributed by atoms with E-state index in [0.717, 1.165) is 32.8 Å². The molecule has 0 amide bonds. The van der Waals surface area contributed by atoms with Crippen LogP contribution in [-0.4, -0.2) is 48.4 Å². The molecular weight excluding hydrogens is 252 g/mol. The van der Waals surface area contributed by atoms with Gasteiger partial charge in [-0.15, -0.1) is 0 Å². The van der Waals surface area contributed by atoms with Gasteiger partial charge < -0.3 is 15.2 Å². The lowest BCUT2D eigenvalue weighted by Gasteiger charge is -2.41. The molecule has 1 aromatic carbocycles. The van der Waals surface area contributed by atoms with Crippen molar-refractivity contribution in [2.24, 2.45) is 0 Å². The topological polar surface area (TPSA) is 44.7 Å². The highest BCUT2D eigenvalue weighted by Crippen LogP contribution is 2.19. The minimum Gasteiger partial charge on any atom is -0.508 e. The van der Waals surface area contributed by atoms with Gasteiger partial charge >= 0.3 is 0 Å². The van der Waals surface area contributed by atoms with E-state index in [2.05, 4.69) is 31.0 Å². The molecule has 20 heavy (non-hydrogen) atoms. The minimum atomic E-state index is 0.120. The van der Waals surface area contributed by atoms with Crippen LogP contribution in [0.2, 0.25) is 0 Å². The Morgan fingerprint density at radius 1 is 1.25 bits per heavy atom. The highest BCUT2D eigenvalue weighted by Gasteiger charge is 2.28. The summed E-state index contributed by atoms with van der Waals surface area (Å²) in [5, 5.41) is 12.9. The number of hydrogen-bond donors (Lipinski definition) is 2. The number of morpholine rings is 1. The Balaban J connectivity index is 1.88. The van der Waals surface area contributed by atoms with Crippen LogP contribution in [0, 0.1) is 0 Å². The molecule has 0 aliphatic carbocycles. The number of benzene rings is 1. The molecule has 1 fully saturated rings. The summed E-state index contributed by atoms with van der Waals surface area (Å²) in [7, 11) is 0. The van der Waals surface area contributed by atoms with Gasteiger partial charge in [0.15, 0.2) is 0 Å². The molecule has 0 spiro atoms. The predicted molar refractivity (Wildman–Crippen MR) is 81.0 cm³/mol. The molecule has 1 aromatic rings. The SMILES string of the molecule is CC(NCC(C)(C)N1CCOCC1)c1ccc(O)cc1. The van der Waals surface area contributed by atoms with Gasteiger partial charge in [-0.05, 0) is 38.5 Å². The maximum atomic E-state index is 9.33. The van der Waals surface area contributed by atoms with E-state index >= 15 is 0 Å². The lowest BCUT2D eigenvalue weighted by atomic mass is 10.0. The standard InChI is InChI=1S/C16H26N2O2/c1-13(14-4-6-15(19)7-5-14)17-12-16(2,3)18-8-10-20-11-9-18/h4-7,13,17,19H,8-12H2,1-3H3. The van der Waals surface area contributed by atoms with E-state index in [9.17, 15) is 5.11 Å². The fourth-order valence-electron chi connectivity index (χ4n) is 2.56. The highest BCUT2D eigenvalue weighted by molar-refractivity contribution is 5.27. The first-order chi connectivity index (χ1) is 9.49. The summed E-state index contributed by atoms with van der Waals surface area (Å²) < 4.78 is 5.42. The van der Waals surface area contributed by atoms with Gasteiger partial charge in [-0.2, -0.15) is 0 Å². The van der Waals surface area contributed by atoms with Crippen molar-refractivity contribution in [2.45, 2.75) is 32.4 Å². The number of nitrogens with zero attached hydrogens (tertiary/aromatic N) is 1. The van der Waals surface area contributed by atoms with Crippen molar-refractivity contribution < 1.29 is 9.84 Å². The maximum Gasteiger partial charge on any atom is 0.115 e. The van der Waals surface area contributed by atoms with Crippen LogP contribution >= 0.6 is 0 Å². The van der Waals surface area contributed by atoms with E-state index in [1.54, 1.807) is 12.1 Å². The molecule has 4 nitrogen and oxygen atoms in total. The van der Waals surface area contributed by atoms with Gasteiger partial charge in [0.05, 0.1) is 13.2 Å². The largest absolute Gasteiger partial charge is 0.508 e. The molecule has 0 saturated carbocycles. The van der Waals surface area contributed by atoms with Crippen LogP contribution in [0.25, 0.3) is 0 Å². The van der Waals surface area contributed by atoms with Crippen LogP contribution in [0.5, 0.6) is 5.75 Å². The van der Waals surface area contributed by atoms with Crippen molar-refractivity contribution in [1.29, 1.82) is 0 Å². The molecule has 1 aliphatic heterocycles. The van der Waals surface area contributed by atoms with E-state index in [-0.39, 0.29) is 11.6 Å². The summed E-state index contributed by atoms with van der Waals surface area (Å²) in [6, 6.07) is 7.68. The fourth-order valence-corrected chi connectivity index (χ4v) is 2.56. The summed E-state index contributed by atoms with van der Waals surface area (Å²) in [5.41, 5.74) is 1.31. The van der Waals surface area contributed by atoms with Crippen molar-refractivity contribution in [1.82, 2.24) is 10.2 Å². The van der Waals surface area contributed by atoms with Gasteiger partial charge in [0, 0.05) is 31.2 Å². The van der Waals surface area contributed by atoms with Crippen LogP contribution in [-0.2, 0) is 4.74 Å². The predicted octanol–water partition coefficient (Wildman–Crippen LogP) is 2.15. The molecule has 1 atom stereocenters. The summed E-state index contributed by atoms with van der Waals surface area (Å²) in [5.74, 6) is 0.314. The maximum absolute atomic E-state index is 9.33. The molecule has 2 rings (SSSR count). The third kappa shape index (κ3) is 3.95. The summed E-state index contributed by atoms with van der Waals surface area (Å²) in [6.45, 7) is 11.3. The number of rotatable bonds is 5. The number of aromatic hydroxyl groups is 1. The molecule has 0 radical (unpaired) electrons. The van der Waals surface area contributed by atoms with E-state index in [0.29, 0.717) is 5.75 Å². The monoisotopic (exact) mass is 278 g/mol. The molecule has 112 valence electrons. The van der Waals surface area contributed by atoms with Crippen molar-refractivity contribution in [3.8, 4) is 5.75 Å². The zero-order valence-corrected chi connectivity index (χ0v) is 12.7. The Morgan fingerprint density at radius 3 is 2.45 bits per heavy atom.